The predicted octanol–water partition coefficient (Wildman–Crippen LogP) is 5.67. The van der Waals surface area contributed by atoms with E-state index >= 15 is 0 Å². The Balaban J connectivity index is 1.97. The first-order chi connectivity index (χ1) is 19.1. The molecule has 0 spiro atoms. The Morgan fingerprint density at radius 2 is 1.55 bits per heavy atom. The summed E-state index contributed by atoms with van der Waals surface area (Å²) in [5.41, 5.74) is 0.0247. The summed E-state index contributed by atoms with van der Waals surface area (Å²) in [7, 11) is 0. The lowest BCUT2D eigenvalue weighted by Gasteiger charge is -2.32. The van der Waals surface area contributed by atoms with E-state index in [1.165, 1.54) is 17.7 Å². The molecule has 0 amide bonds. The van der Waals surface area contributed by atoms with E-state index in [9.17, 15) is 9.59 Å². The fraction of sp³-hybridized carbons (Fsp3) is 0.500. The number of carbonyl (C=O) groups excluding carboxylic acids is 2. The molecular formula is C32H40N2O6. The van der Waals surface area contributed by atoms with E-state index in [0.717, 1.165) is 12.8 Å². The number of nitrogens with zero attached hydrogens (tertiary/aromatic N) is 2. The molecule has 214 valence electrons. The van der Waals surface area contributed by atoms with Crippen LogP contribution in [0.1, 0.15) is 82.4 Å². The molecule has 0 aliphatic carbocycles. The summed E-state index contributed by atoms with van der Waals surface area (Å²) in [6, 6.07) is 18.7. The number of nitriles is 2. The maximum atomic E-state index is 13.1. The second-order valence-corrected chi connectivity index (χ2v) is 10.8. The molecule has 0 aliphatic rings. The number of carbonyl (C=O) groups is 2. The third-order valence-electron chi connectivity index (χ3n) is 7.30. The lowest BCUT2D eigenvalue weighted by atomic mass is 9.73. The molecule has 0 saturated carbocycles. The third kappa shape index (κ3) is 9.39. The fourth-order valence-electron chi connectivity index (χ4n) is 4.45. The average Bonchev–Trinajstić information content (AvgIpc) is 2.97. The Morgan fingerprint density at radius 1 is 0.875 bits per heavy atom. The van der Waals surface area contributed by atoms with E-state index in [-0.39, 0.29) is 43.5 Å². The number of aliphatic hydroxyl groups excluding tert-OH is 1. The van der Waals surface area contributed by atoms with Gasteiger partial charge in [-0.1, -0.05) is 37.3 Å². The molecule has 0 fully saturated rings. The van der Waals surface area contributed by atoms with Gasteiger partial charge >= 0.3 is 11.9 Å². The zero-order chi connectivity index (χ0) is 29.6. The number of hydrogen-bond donors (Lipinski definition) is 1. The molecule has 0 bridgehead atoms. The maximum absolute atomic E-state index is 13.1. The van der Waals surface area contributed by atoms with Gasteiger partial charge in [0.15, 0.2) is 0 Å². The van der Waals surface area contributed by atoms with Crippen molar-refractivity contribution in [1.82, 2.24) is 0 Å². The van der Waals surface area contributed by atoms with Crippen molar-refractivity contribution in [1.29, 1.82) is 10.5 Å². The second-order valence-electron chi connectivity index (χ2n) is 10.8. The fourth-order valence-corrected chi connectivity index (χ4v) is 4.45. The molecule has 40 heavy (non-hydrogen) atoms. The predicted molar refractivity (Wildman–Crippen MR) is 150 cm³/mol. The summed E-state index contributed by atoms with van der Waals surface area (Å²) < 4.78 is 16.4. The van der Waals surface area contributed by atoms with Crippen LogP contribution in [-0.2, 0) is 19.1 Å². The normalized spacial score (nSPS) is 13.3. The van der Waals surface area contributed by atoms with Gasteiger partial charge < -0.3 is 19.3 Å². The highest BCUT2D eigenvalue weighted by Gasteiger charge is 2.39. The minimum atomic E-state index is -0.857. The van der Waals surface area contributed by atoms with Gasteiger partial charge in [-0.2, -0.15) is 10.5 Å². The Labute approximate surface area is 237 Å². The molecule has 1 N–H and O–H groups in total. The van der Waals surface area contributed by atoms with Crippen molar-refractivity contribution in [2.24, 2.45) is 10.8 Å². The Bertz CT molecular complexity index is 1200. The molecule has 0 aliphatic heterocycles. The topological polar surface area (TPSA) is 130 Å². The quantitative estimate of drug-likeness (QED) is 0.210. The van der Waals surface area contributed by atoms with E-state index in [4.69, 9.17) is 29.8 Å². The molecular weight excluding hydrogens is 508 g/mol. The summed E-state index contributed by atoms with van der Waals surface area (Å²) >= 11 is 0. The van der Waals surface area contributed by atoms with Crippen molar-refractivity contribution in [3.63, 3.8) is 0 Å². The summed E-state index contributed by atoms with van der Waals surface area (Å²) in [6.07, 6.45) is 3.13. The molecule has 8 heteroatoms. The first-order valence-corrected chi connectivity index (χ1v) is 13.7. The van der Waals surface area contributed by atoms with Crippen LogP contribution >= 0.6 is 0 Å². The third-order valence-corrected chi connectivity index (χ3v) is 7.30. The number of aliphatic hydroxyl groups is 1. The Morgan fingerprint density at radius 3 is 2.17 bits per heavy atom. The molecule has 0 aromatic heterocycles. The highest BCUT2D eigenvalue weighted by Crippen LogP contribution is 2.39. The van der Waals surface area contributed by atoms with E-state index in [1.807, 2.05) is 37.3 Å². The van der Waals surface area contributed by atoms with E-state index in [2.05, 4.69) is 19.1 Å². The molecule has 2 aromatic rings. The number of hydrogen-bond acceptors (Lipinski definition) is 8. The first kappa shape index (κ1) is 32.3. The number of ether oxygens (including phenoxy) is 3. The van der Waals surface area contributed by atoms with Gasteiger partial charge in [-0.25, -0.2) is 0 Å². The first-order valence-electron chi connectivity index (χ1n) is 13.7. The van der Waals surface area contributed by atoms with Crippen LogP contribution in [0.3, 0.4) is 0 Å². The monoisotopic (exact) mass is 548 g/mol. The van der Waals surface area contributed by atoms with Crippen molar-refractivity contribution in [2.75, 3.05) is 26.4 Å². The van der Waals surface area contributed by atoms with Crippen molar-refractivity contribution in [2.45, 2.75) is 65.7 Å². The average molecular weight is 549 g/mol. The summed E-state index contributed by atoms with van der Waals surface area (Å²) in [4.78, 5) is 26.0. The second kappa shape index (κ2) is 15.6. The molecule has 0 radical (unpaired) electrons. The number of esters is 2. The van der Waals surface area contributed by atoms with Crippen LogP contribution in [0.15, 0.2) is 48.5 Å². The highest BCUT2D eigenvalue weighted by molar-refractivity contribution is 5.78. The number of rotatable bonds is 16. The van der Waals surface area contributed by atoms with E-state index < -0.39 is 16.8 Å². The van der Waals surface area contributed by atoms with Gasteiger partial charge in [0.05, 0.1) is 28.6 Å². The maximum Gasteiger partial charge on any atom is 0.311 e. The zero-order valence-corrected chi connectivity index (χ0v) is 23.9. The van der Waals surface area contributed by atoms with Gasteiger partial charge in [0, 0.05) is 0 Å². The smallest absolute Gasteiger partial charge is 0.311 e. The summed E-state index contributed by atoms with van der Waals surface area (Å²) in [6.45, 7) is 7.35. The zero-order valence-electron chi connectivity index (χ0n) is 23.9. The molecule has 0 heterocycles. The molecule has 2 aromatic carbocycles. The van der Waals surface area contributed by atoms with Crippen LogP contribution < -0.4 is 4.74 Å². The van der Waals surface area contributed by atoms with Gasteiger partial charge in [0.1, 0.15) is 37.7 Å². The van der Waals surface area contributed by atoms with Crippen molar-refractivity contribution < 1.29 is 28.9 Å². The van der Waals surface area contributed by atoms with Crippen LogP contribution in [0.4, 0.5) is 0 Å². The standard InChI is InChI=1S/C32H40N2O6/c1-5-24(25-9-7-6-8-10-25)13-14-32(4,30(37)39-18-17-35)16-15-31(2,3)29(36)40-20-19-38-28-12-11-26(22-33)27(21-28)23-34/h6-12,21,24,35H,5,13-20H2,1-4H3. The van der Waals surface area contributed by atoms with Crippen LogP contribution in [0.2, 0.25) is 0 Å². The molecule has 8 nitrogen and oxygen atoms in total. The minimum absolute atomic E-state index is 0.00914. The molecule has 2 atom stereocenters. The number of benzene rings is 2. The van der Waals surface area contributed by atoms with E-state index in [1.54, 1.807) is 19.9 Å². The van der Waals surface area contributed by atoms with Gasteiger partial charge in [0.2, 0.25) is 0 Å². The minimum Gasteiger partial charge on any atom is -0.490 e. The van der Waals surface area contributed by atoms with Crippen LogP contribution in [-0.4, -0.2) is 43.5 Å². The van der Waals surface area contributed by atoms with E-state index in [0.29, 0.717) is 30.9 Å². The largest absolute Gasteiger partial charge is 0.490 e. The van der Waals surface area contributed by atoms with Gasteiger partial charge in [-0.15, -0.1) is 0 Å². The molecule has 2 rings (SSSR count). The summed E-state index contributed by atoms with van der Waals surface area (Å²) in [5.74, 6) is -0.0787. The molecule has 2 unspecified atom stereocenters. The van der Waals surface area contributed by atoms with Gasteiger partial charge in [-0.3, -0.25) is 9.59 Å². The highest BCUT2D eigenvalue weighted by atomic mass is 16.6. The summed E-state index contributed by atoms with van der Waals surface area (Å²) in [5, 5.41) is 27.4. The van der Waals surface area contributed by atoms with Crippen molar-refractivity contribution >= 4 is 11.9 Å². The Hall–Kier alpha value is -3.88. The van der Waals surface area contributed by atoms with Crippen molar-refractivity contribution in [3.8, 4) is 17.9 Å². The SMILES string of the molecule is CCC(CCC(C)(CCC(C)(C)C(=O)OCCOc1ccc(C#N)c(C#N)c1)C(=O)OCCO)c1ccccc1. The lowest BCUT2D eigenvalue weighted by Crippen LogP contribution is -2.35. The lowest BCUT2D eigenvalue weighted by molar-refractivity contribution is -0.160. The van der Waals surface area contributed by atoms with Crippen LogP contribution in [0.25, 0.3) is 0 Å². The van der Waals surface area contributed by atoms with Crippen molar-refractivity contribution in [3.05, 3.63) is 65.2 Å². The van der Waals surface area contributed by atoms with Crippen LogP contribution in [0, 0.1) is 33.5 Å². The van der Waals surface area contributed by atoms with Gasteiger partial charge in [-0.05, 0) is 82.6 Å². The van der Waals surface area contributed by atoms with Gasteiger partial charge in [0.25, 0.3) is 0 Å². The molecule has 0 saturated heterocycles. The Kier molecular flexibility index (Phi) is 12.6. The van der Waals surface area contributed by atoms with Crippen LogP contribution in [0.5, 0.6) is 5.75 Å².